The zero-order valence-corrected chi connectivity index (χ0v) is 12.7. The van der Waals surface area contributed by atoms with E-state index in [0.29, 0.717) is 23.7 Å². The predicted octanol–water partition coefficient (Wildman–Crippen LogP) is 3.25. The van der Waals surface area contributed by atoms with E-state index in [4.69, 9.17) is 5.11 Å². The van der Waals surface area contributed by atoms with Crippen LogP contribution in [0.25, 0.3) is 0 Å². The summed E-state index contributed by atoms with van der Waals surface area (Å²) < 4.78 is 0. The highest BCUT2D eigenvalue weighted by Gasteiger charge is 2.45. The van der Waals surface area contributed by atoms with Crippen molar-refractivity contribution in [3.05, 3.63) is 29.3 Å². The van der Waals surface area contributed by atoms with Gasteiger partial charge in [-0.1, -0.05) is 19.9 Å². The number of carbonyl (C=O) groups is 2. The molecular weight excluding hydrogens is 268 g/mol. The van der Waals surface area contributed by atoms with Gasteiger partial charge in [-0.05, 0) is 48.8 Å². The van der Waals surface area contributed by atoms with E-state index in [1.165, 1.54) is 6.07 Å². The Morgan fingerprint density at radius 3 is 2.52 bits per heavy atom. The van der Waals surface area contributed by atoms with E-state index in [1.54, 1.807) is 19.1 Å². The normalized spacial score (nSPS) is 15.6. The Kier molecular flexibility index (Phi) is 4.21. The molecule has 2 rings (SSSR count). The van der Waals surface area contributed by atoms with Gasteiger partial charge < -0.3 is 15.7 Å². The van der Waals surface area contributed by atoms with Crippen LogP contribution in [0.5, 0.6) is 0 Å². The molecule has 3 N–H and O–H groups in total. The summed E-state index contributed by atoms with van der Waals surface area (Å²) in [5, 5.41) is 14.7. The van der Waals surface area contributed by atoms with Crippen LogP contribution in [0.4, 0.5) is 10.5 Å². The molecule has 5 nitrogen and oxygen atoms in total. The number of anilines is 1. The second kappa shape index (κ2) is 5.76. The summed E-state index contributed by atoms with van der Waals surface area (Å²) in [7, 11) is 0. The lowest BCUT2D eigenvalue weighted by molar-refractivity contribution is 0.0696. The Labute approximate surface area is 124 Å². The number of amides is 2. The second-order valence-corrected chi connectivity index (χ2v) is 6.11. The zero-order valence-electron chi connectivity index (χ0n) is 12.7. The van der Waals surface area contributed by atoms with E-state index >= 15 is 0 Å². The highest BCUT2D eigenvalue weighted by molar-refractivity contribution is 5.95. The minimum atomic E-state index is -0.992. The summed E-state index contributed by atoms with van der Waals surface area (Å²) in [6, 6.07) is 4.57. The van der Waals surface area contributed by atoms with Gasteiger partial charge in [-0.25, -0.2) is 9.59 Å². The molecule has 0 unspecified atom stereocenters. The van der Waals surface area contributed by atoms with E-state index in [1.807, 2.05) is 0 Å². The van der Waals surface area contributed by atoms with Gasteiger partial charge in [0.05, 0.1) is 5.56 Å². The lowest BCUT2D eigenvalue weighted by Gasteiger charge is -2.20. The average Bonchev–Trinajstić information content (AvgIpc) is 3.20. The molecule has 1 aromatic rings. The first-order valence-electron chi connectivity index (χ1n) is 7.23. The first-order chi connectivity index (χ1) is 9.85. The molecule has 0 radical (unpaired) electrons. The number of carbonyl (C=O) groups excluding carboxylic acids is 1. The Bertz CT molecular complexity index is 563. The van der Waals surface area contributed by atoms with Crippen LogP contribution in [0.15, 0.2) is 18.2 Å². The van der Waals surface area contributed by atoms with Gasteiger partial charge in [0.15, 0.2) is 0 Å². The van der Waals surface area contributed by atoms with Crippen LogP contribution >= 0.6 is 0 Å². The minimum absolute atomic E-state index is 0.202. The fraction of sp³-hybridized carbons (Fsp3) is 0.500. The molecule has 0 aliphatic heterocycles. The molecule has 5 heteroatoms. The molecule has 1 saturated carbocycles. The van der Waals surface area contributed by atoms with Crippen molar-refractivity contribution in [2.24, 2.45) is 11.3 Å². The lowest BCUT2D eigenvalue weighted by atomic mass is 9.92. The van der Waals surface area contributed by atoms with Crippen molar-refractivity contribution < 1.29 is 14.7 Å². The number of benzene rings is 1. The highest BCUT2D eigenvalue weighted by atomic mass is 16.4. The molecule has 1 fully saturated rings. The minimum Gasteiger partial charge on any atom is -0.478 e. The van der Waals surface area contributed by atoms with Gasteiger partial charge in [0.2, 0.25) is 0 Å². The smallest absolute Gasteiger partial charge is 0.336 e. The molecule has 1 aromatic carbocycles. The standard InChI is InChI=1S/C16H22N2O3/c1-10(2)16(7-8-16)9-17-15(21)18-13-6-4-5-12(11(13)3)14(19)20/h4-6,10H,7-9H2,1-3H3,(H,19,20)(H2,17,18,21). The van der Waals surface area contributed by atoms with Crippen LogP contribution < -0.4 is 10.6 Å². The van der Waals surface area contributed by atoms with Crippen LogP contribution in [-0.2, 0) is 0 Å². The van der Waals surface area contributed by atoms with Gasteiger partial charge in [0.25, 0.3) is 0 Å². The summed E-state index contributed by atoms with van der Waals surface area (Å²) in [5.41, 5.74) is 1.54. The van der Waals surface area contributed by atoms with Crippen molar-refractivity contribution in [3.8, 4) is 0 Å². The summed E-state index contributed by atoms with van der Waals surface area (Å²) in [6.45, 7) is 6.70. The third-order valence-electron chi connectivity index (χ3n) is 4.53. The maximum Gasteiger partial charge on any atom is 0.336 e. The number of aromatic carboxylic acids is 1. The Balaban J connectivity index is 1.97. The fourth-order valence-electron chi connectivity index (χ4n) is 2.54. The van der Waals surface area contributed by atoms with Crippen LogP contribution in [0.1, 0.15) is 42.6 Å². The van der Waals surface area contributed by atoms with Crippen LogP contribution in [0, 0.1) is 18.3 Å². The summed E-state index contributed by atoms with van der Waals surface area (Å²) in [4.78, 5) is 23.0. The largest absolute Gasteiger partial charge is 0.478 e. The quantitative estimate of drug-likeness (QED) is 0.779. The van der Waals surface area contributed by atoms with E-state index in [2.05, 4.69) is 24.5 Å². The van der Waals surface area contributed by atoms with E-state index in [0.717, 1.165) is 12.8 Å². The maximum absolute atomic E-state index is 12.0. The van der Waals surface area contributed by atoms with E-state index < -0.39 is 5.97 Å². The number of hydrogen-bond donors (Lipinski definition) is 3. The number of rotatable bonds is 5. The van der Waals surface area contributed by atoms with Gasteiger partial charge in [-0.15, -0.1) is 0 Å². The Hall–Kier alpha value is -2.04. The van der Waals surface area contributed by atoms with E-state index in [9.17, 15) is 9.59 Å². The second-order valence-electron chi connectivity index (χ2n) is 6.11. The molecule has 0 aromatic heterocycles. The zero-order chi connectivity index (χ0) is 15.6. The van der Waals surface area contributed by atoms with Crippen LogP contribution in [0.3, 0.4) is 0 Å². The topological polar surface area (TPSA) is 78.4 Å². The first kappa shape index (κ1) is 15.4. The van der Waals surface area contributed by atoms with Gasteiger partial charge >= 0.3 is 12.0 Å². The van der Waals surface area contributed by atoms with Crippen molar-refractivity contribution in [1.29, 1.82) is 0 Å². The molecule has 1 aliphatic rings. The number of urea groups is 1. The molecule has 0 heterocycles. The summed E-state index contributed by atoms with van der Waals surface area (Å²) in [5.74, 6) is -0.442. The van der Waals surface area contributed by atoms with Crippen LogP contribution in [-0.4, -0.2) is 23.7 Å². The summed E-state index contributed by atoms with van der Waals surface area (Å²) in [6.07, 6.45) is 2.30. The average molecular weight is 290 g/mol. The highest BCUT2D eigenvalue weighted by Crippen LogP contribution is 2.51. The molecule has 21 heavy (non-hydrogen) atoms. The van der Waals surface area contributed by atoms with Crippen molar-refractivity contribution in [3.63, 3.8) is 0 Å². The first-order valence-corrected chi connectivity index (χ1v) is 7.23. The molecule has 0 atom stereocenters. The van der Waals surface area contributed by atoms with Crippen molar-refractivity contribution in [2.75, 3.05) is 11.9 Å². The van der Waals surface area contributed by atoms with Crippen molar-refractivity contribution in [1.82, 2.24) is 5.32 Å². The maximum atomic E-state index is 12.0. The molecule has 2 amide bonds. The molecule has 114 valence electrons. The molecule has 0 saturated heterocycles. The number of hydrogen-bond acceptors (Lipinski definition) is 2. The van der Waals surface area contributed by atoms with Gasteiger partial charge in [0, 0.05) is 12.2 Å². The molecule has 1 aliphatic carbocycles. The number of carboxylic acid groups (broad SMARTS) is 1. The monoisotopic (exact) mass is 290 g/mol. The van der Waals surface area contributed by atoms with Gasteiger partial charge in [-0.2, -0.15) is 0 Å². The summed E-state index contributed by atoms with van der Waals surface area (Å²) >= 11 is 0. The third kappa shape index (κ3) is 3.35. The SMILES string of the molecule is Cc1c(NC(=O)NCC2(C(C)C)CC2)cccc1C(=O)O. The Morgan fingerprint density at radius 2 is 2.00 bits per heavy atom. The number of nitrogens with one attached hydrogen (secondary N) is 2. The lowest BCUT2D eigenvalue weighted by Crippen LogP contribution is -2.35. The third-order valence-corrected chi connectivity index (χ3v) is 4.53. The van der Waals surface area contributed by atoms with Crippen LogP contribution in [0.2, 0.25) is 0 Å². The predicted molar refractivity (Wildman–Crippen MR) is 81.7 cm³/mol. The van der Waals surface area contributed by atoms with Crippen molar-refractivity contribution >= 4 is 17.7 Å². The van der Waals surface area contributed by atoms with Gasteiger partial charge in [0.1, 0.15) is 0 Å². The van der Waals surface area contributed by atoms with Crippen molar-refractivity contribution in [2.45, 2.75) is 33.6 Å². The molecule has 0 bridgehead atoms. The van der Waals surface area contributed by atoms with Gasteiger partial charge in [-0.3, -0.25) is 0 Å². The number of carboxylic acids is 1. The van der Waals surface area contributed by atoms with E-state index in [-0.39, 0.29) is 17.0 Å². The molecule has 0 spiro atoms. The molecular formula is C16H22N2O3. The Morgan fingerprint density at radius 1 is 1.33 bits per heavy atom. The fourth-order valence-corrected chi connectivity index (χ4v) is 2.54.